The van der Waals surface area contributed by atoms with Gasteiger partial charge in [-0.25, -0.2) is 0 Å². The van der Waals surface area contributed by atoms with Crippen LogP contribution >= 0.6 is 11.8 Å². The Kier molecular flexibility index (Phi) is 4.13. The van der Waals surface area contributed by atoms with Crippen LogP contribution in [0.25, 0.3) is 0 Å². The number of thioether (sulfide) groups is 1. The minimum atomic E-state index is -4.57. The molecule has 0 aromatic carbocycles. The molecule has 0 aromatic heterocycles. The van der Waals surface area contributed by atoms with Crippen LogP contribution in [-0.2, 0) is 4.79 Å². The Bertz CT molecular complexity index is 391. The fraction of sp³-hybridized carbons (Fsp3) is 0.833. The lowest BCUT2D eigenvalue weighted by Crippen LogP contribution is -2.46. The summed E-state index contributed by atoms with van der Waals surface area (Å²) in [7, 11) is 0. The van der Waals surface area contributed by atoms with Gasteiger partial charge >= 0.3 is 6.18 Å². The van der Waals surface area contributed by atoms with Gasteiger partial charge < -0.3 is 5.32 Å². The van der Waals surface area contributed by atoms with E-state index in [0.717, 1.165) is 32.6 Å². The first-order valence-electron chi connectivity index (χ1n) is 6.44. The van der Waals surface area contributed by atoms with Crippen LogP contribution in [0.1, 0.15) is 39.0 Å². The summed E-state index contributed by atoms with van der Waals surface area (Å²) in [5.41, 5.74) is 0. The van der Waals surface area contributed by atoms with Crippen molar-refractivity contribution in [1.29, 1.82) is 0 Å². The van der Waals surface area contributed by atoms with Crippen molar-refractivity contribution < 1.29 is 18.0 Å². The molecule has 0 radical (unpaired) electrons. The van der Waals surface area contributed by atoms with Gasteiger partial charge in [0, 0.05) is 6.54 Å². The molecule has 1 heterocycles. The fourth-order valence-electron chi connectivity index (χ4n) is 2.32. The van der Waals surface area contributed by atoms with Gasteiger partial charge in [-0.05, 0) is 25.7 Å². The van der Waals surface area contributed by atoms with E-state index in [1.807, 2.05) is 0 Å². The van der Waals surface area contributed by atoms with E-state index in [4.69, 9.17) is 0 Å². The van der Waals surface area contributed by atoms with E-state index < -0.39 is 16.8 Å². The lowest BCUT2D eigenvalue weighted by Gasteiger charge is -2.22. The first kappa shape index (κ1) is 14.7. The highest BCUT2D eigenvalue weighted by atomic mass is 32.2. The van der Waals surface area contributed by atoms with Gasteiger partial charge in [0.25, 0.3) is 5.91 Å². The molecule has 3 nitrogen and oxygen atoms in total. The summed E-state index contributed by atoms with van der Waals surface area (Å²) in [6, 6.07) is 0. The summed E-state index contributed by atoms with van der Waals surface area (Å²) in [5.74, 6) is -0.580. The summed E-state index contributed by atoms with van der Waals surface area (Å²) in [5, 5.41) is 2.35. The number of amides is 1. The summed E-state index contributed by atoms with van der Waals surface area (Å²) >= 11 is 0.481. The molecule has 7 heteroatoms. The standard InChI is InChI=1S/C12H17F3N2OS/c1-11(12(13,14)15)9(18)17-10(19-11)16-7-8-5-3-2-4-6-8/h8H,2-7H2,1H3,(H,16,17,18). The molecule has 1 aliphatic carbocycles. The second-order valence-electron chi connectivity index (χ2n) is 5.24. The van der Waals surface area contributed by atoms with Crippen molar-refractivity contribution in [3.8, 4) is 0 Å². The molecule has 1 N–H and O–H groups in total. The van der Waals surface area contributed by atoms with Gasteiger partial charge in [0.1, 0.15) is 0 Å². The zero-order valence-corrected chi connectivity index (χ0v) is 11.5. The normalized spacial score (nSPS) is 31.8. The van der Waals surface area contributed by atoms with Gasteiger partial charge in [-0.15, -0.1) is 0 Å². The molecule has 0 bridgehead atoms. The number of hydrogen-bond acceptors (Lipinski definition) is 3. The van der Waals surface area contributed by atoms with E-state index in [1.165, 1.54) is 6.42 Å². The molecule has 1 saturated heterocycles. The molecule has 1 amide bonds. The number of carbonyl (C=O) groups is 1. The van der Waals surface area contributed by atoms with Gasteiger partial charge in [0.2, 0.25) is 0 Å². The Morgan fingerprint density at radius 3 is 2.53 bits per heavy atom. The Balaban J connectivity index is 1.98. The molecule has 2 rings (SSSR count). The highest BCUT2D eigenvalue weighted by Crippen LogP contribution is 2.45. The SMILES string of the molecule is CC1(C(F)(F)F)SC(=NCC2CCCCC2)NC1=O. The molecule has 2 fully saturated rings. The van der Waals surface area contributed by atoms with Crippen molar-refractivity contribution >= 4 is 22.8 Å². The minimum absolute atomic E-state index is 0.107. The largest absolute Gasteiger partial charge is 0.412 e. The van der Waals surface area contributed by atoms with Crippen LogP contribution in [0.2, 0.25) is 0 Å². The average Bonchev–Trinajstić information content (AvgIpc) is 2.65. The van der Waals surface area contributed by atoms with E-state index in [0.29, 0.717) is 24.2 Å². The van der Waals surface area contributed by atoms with Crippen LogP contribution in [0.5, 0.6) is 0 Å². The third-order valence-electron chi connectivity index (χ3n) is 3.71. The maximum atomic E-state index is 12.8. The predicted octanol–water partition coefficient (Wildman–Crippen LogP) is 3.11. The van der Waals surface area contributed by atoms with Crippen molar-refractivity contribution in [2.45, 2.75) is 50.0 Å². The van der Waals surface area contributed by atoms with Crippen LogP contribution in [0.15, 0.2) is 4.99 Å². The number of hydrogen-bond donors (Lipinski definition) is 1. The summed E-state index contributed by atoms with van der Waals surface area (Å²) < 4.78 is 36.1. The molecule has 1 saturated carbocycles. The lowest BCUT2D eigenvalue weighted by molar-refractivity contribution is -0.166. The van der Waals surface area contributed by atoms with Gasteiger partial charge in [-0.1, -0.05) is 31.0 Å². The van der Waals surface area contributed by atoms with Crippen molar-refractivity contribution in [3.63, 3.8) is 0 Å². The first-order chi connectivity index (χ1) is 8.83. The number of nitrogens with one attached hydrogen (secondary N) is 1. The van der Waals surface area contributed by atoms with E-state index in [9.17, 15) is 18.0 Å². The van der Waals surface area contributed by atoms with Gasteiger partial charge in [-0.3, -0.25) is 9.79 Å². The molecular formula is C12H17F3N2OS. The van der Waals surface area contributed by atoms with Crippen molar-refractivity contribution in [1.82, 2.24) is 5.32 Å². The number of amidine groups is 1. The monoisotopic (exact) mass is 294 g/mol. The van der Waals surface area contributed by atoms with Gasteiger partial charge in [0.05, 0.1) is 0 Å². The molecular weight excluding hydrogens is 277 g/mol. The van der Waals surface area contributed by atoms with E-state index in [-0.39, 0.29) is 5.17 Å². The number of aliphatic imine (C=N–C) groups is 1. The van der Waals surface area contributed by atoms with E-state index >= 15 is 0 Å². The van der Waals surface area contributed by atoms with Crippen LogP contribution in [0, 0.1) is 5.92 Å². The zero-order valence-electron chi connectivity index (χ0n) is 10.7. The van der Waals surface area contributed by atoms with Crippen LogP contribution in [0.4, 0.5) is 13.2 Å². The van der Waals surface area contributed by atoms with Gasteiger partial charge in [0.15, 0.2) is 9.91 Å². The topological polar surface area (TPSA) is 41.5 Å². The second-order valence-corrected chi connectivity index (χ2v) is 6.64. The number of rotatable bonds is 2. The van der Waals surface area contributed by atoms with E-state index in [1.54, 1.807) is 0 Å². The number of carbonyl (C=O) groups excluding carboxylic acids is 1. The molecule has 2 aliphatic rings. The summed E-state index contributed by atoms with van der Waals surface area (Å²) in [6.07, 6.45) is 1.14. The number of halogens is 3. The highest BCUT2D eigenvalue weighted by Gasteiger charge is 2.61. The maximum Gasteiger partial charge on any atom is 0.412 e. The molecule has 0 aromatic rings. The Morgan fingerprint density at radius 2 is 2.00 bits per heavy atom. The highest BCUT2D eigenvalue weighted by molar-refractivity contribution is 8.16. The first-order valence-corrected chi connectivity index (χ1v) is 7.26. The Labute approximate surface area is 114 Å². The Hall–Kier alpha value is -0.720. The quantitative estimate of drug-likeness (QED) is 0.850. The van der Waals surface area contributed by atoms with Crippen LogP contribution in [0.3, 0.4) is 0 Å². The van der Waals surface area contributed by atoms with Crippen LogP contribution in [-0.4, -0.2) is 28.5 Å². The summed E-state index contributed by atoms with van der Waals surface area (Å²) in [4.78, 5) is 15.6. The summed E-state index contributed by atoms with van der Waals surface area (Å²) in [6.45, 7) is 1.41. The minimum Gasteiger partial charge on any atom is -0.304 e. The molecule has 0 spiro atoms. The molecule has 1 atom stereocenters. The smallest absolute Gasteiger partial charge is 0.304 e. The molecule has 1 unspecified atom stereocenters. The molecule has 19 heavy (non-hydrogen) atoms. The molecule has 1 aliphatic heterocycles. The van der Waals surface area contributed by atoms with Crippen molar-refractivity contribution in [3.05, 3.63) is 0 Å². The van der Waals surface area contributed by atoms with Crippen molar-refractivity contribution in [2.75, 3.05) is 6.54 Å². The van der Waals surface area contributed by atoms with E-state index in [2.05, 4.69) is 10.3 Å². The van der Waals surface area contributed by atoms with Crippen LogP contribution < -0.4 is 5.32 Å². The Morgan fingerprint density at radius 1 is 1.37 bits per heavy atom. The van der Waals surface area contributed by atoms with Crippen molar-refractivity contribution in [2.24, 2.45) is 10.9 Å². The second kappa shape index (κ2) is 5.34. The predicted molar refractivity (Wildman–Crippen MR) is 69.1 cm³/mol. The average molecular weight is 294 g/mol. The third-order valence-corrected chi connectivity index (χ3v) is 4.96. The lowest BCUT2D eigenvalue weighted by atomic mass is 9.89. The van der Waals surface area contributed by atoms with Gasteiger partial charge in [-0.2, -0.15) is 13.2 Å². The number of alkyl halides is 3. The fourth-order valence-corrected chi connectivity index (χ4v) is 3.25. The third kappa shape index (κ3) is 3.07. The number of nitrogens with zero attached hydrogens (tertiary/aromatic N) is 1. The molecule has 108 valence electrons. The zero-order chi connectivity index (χ0) is 14.1. The maximum absolute atomic E-state index is 12.8.